The predicted molar refractivity (Wildman–Crippen MR) is 110 cm³/mol. The van der Waals surface area contributed by atoms with Crippen LogP contribution in [-0.2, 0) is 11.8 Å². The summed E-state index contributed by atoms with van der Waals surface area (Å²) in [5.74, 6) is 1.17. The lowest BCUT2D eigenvalue weighted by Crippen LogP contribution is -2.39. The molecule has 3 aliphatic heterocycles. The maximum Gasteiger partial charge on any atom is 0.417 e. The molecule has 3 aliphatic rings. The van der Waals surface area contributed by atoms with Crippen LogP contribution in [0.25, 0.3) is 0 Å². The molecule has 4 rings (SSSR count). The summed E-state index contributed by atoms with van der Waals surface area (Å²) in [7, 11) is 1.79. The second-order valence-electron chi connectivity index (χ2n) is 7.99. The molecule has 2 atom stereocenters. The van der Waals surface area contributed by atoms with E-state index in [1.165, 1.54) is 6.20 Å². The van der Waals surface area contributed by atoms with Crippen LogP contribution >= 0.6 is 0 Å². The van der Waals surface area contributed by atoms with Gasteiger partial charge in [-0.05, 0) is 56.0 Å². The van der Waals surface area contributed by atoms with Crippen LogP contribution in [0, 0.1) is 17.2 Å². The zero-order valence-electron chi connectivity index (χ0n) is 17.2. The van der Waals surface area contributed by atoms with E-state index in [9.17, 15) is 18.4 Å². The zero-order valence-corrected chi connectivity index (χ0v) is 17.2. The standard InChI is InChI=1S/C21H25F3N6O/c1-30-8-4-15-18(28-17(11-25)29-19(15)30)14-10-16(21(22,23)24)20(27-12-14)31-9-5-13-2-6-26-7-3-13/h4,8,10,12-13,18,20,26-27H,2-3,5-7,9H2,1H3,(H,28,29). The van der Waals surface area contributed by atoms with Crippen molar-refractivity contribution in [1.29, 1.82) is 5.26 Å². The first-order valence-electron chi connectivity index (χ1n) is 10.3. The number of rotatable bonds is 5. The fourth-order valence-corrected chi connectivity index (χ4v) is 4.19. The molecule has 2 unspecified atom stereocenters. The van der Waals surface area contributed by atoms with Gasteiger partial charge in [0.1, 0.15) is 17.9 Å². The van der Waals surface area contributed by atoms with E-state index in [1.807, 2.05) is 6.07 Å². The lowest BCUT2D eigenvalue weighted by Gasteiger charge is -2.30. The van der Waals surface area contributed by atoms with Gasteiger partial charge in [0.15, 0.2) is 6.23 Å². The van der Waals surface area contributed by atoms with Crippen molar-refractivity contribution in [2.24, 2.45) is 18.0 Å². The molecule has 3 N–H and O–H groups in total. The second-order valence-corrected chi connectivity index (χ2v) is 7.99. The van der Waals surface area contributed by atoms with E-state index < -0.39 is 24.0 Å². The van der Waals surface area contributed by atoms with Crippen molar-refractivity contribution in [3.63, 3.8) is 0 Å². The van der Waals surface area contributed by atoms with Gasteiger partial charge in [-0.15, -0.1) is 0 Å². The Morgan fingerprint density at radius 2 is 2.10 bits per heavy atom. The van der Waals surface area contributed by atoms with Crippen LogP contribution in [0.2, 0.25) is 0 Å². The van der Waals surface area contributed by atoms with Gasteiger partial charge < -0.3 is 25.3 Å². The molecule has 1 aromatic rings. The lowest BCUT2D eigenvalue weighted by molar-refractivity contribution is -0.114. The fraction of sp³-hybridized carbons (Fsp3) is 0.524. The molecule has 7 nitrogen and oxygen atoms in total. The Balaban J connectivity index is 1.52. The van der Waals surface area contributed by atoms with E-state index >= 15 is 0 Å². The number of hydrogen-bond donors (Lipinski definition) is 3. The number of aryl methyl sites for hydroxylation is 1. The number of anilines is 1. The first kappa shape index (κ1) is 21.5. The third kappa shape index (κ3) is 4.62. The van der Waals surface area contributed by atoms with Crippen LogP contribution in [0.5, 0.6) is 0 Å². The molecule has 0 saturated carbocycles. The summed E-state index contributed by atoms with van der Waals surface area (Å²) >= 11 is 0. The average Bonchev–Trinajstić information content (AvgIpc) is 3.14. The Kier molecular flexibility index (Phi) is 6.07. The number of ether oxygens (including phenoxy) is 1. The van der Waals surface area contributed by atoms with Gasteiger partial charge in [0, 0.05) is 31.6 Å². The number of amidine groups is 1. The number of aliphatic imine (C=N–C) groups is 1. The number of aromatic nitrogens is 1. The first-order chi connectivity index (χ1) is 14.9. The van der Waals surface area contributed by atoms with Gasteiger partial charge in [-0.2, -0.15) is 18.4 Å². The van der Waals surface area contributed by atoms with Gasteiger partial charge in [0.05, 0.1) is 5.57 Å². The van der Waals surface area contributed by atoms with Gasteiger partial charge in [0.2, 0.25) is 5.84 Å². The summed E-state index contributed by atoms with van der Waals surface area (Å²) in [5, 5.41) is 18.2. The molecule has 0 aliphatic carbocycles. The monoisotopic (exact) mass is 434 g/mol. The molecular formula is C21H25F3N6O. The topological polar surface area (TPSA) is 86.4 Å². The van der Waals surface area contributed by atoms with Crippen LogP contribution in [-0.4, -0.2) is 42.5 Å². The van der Waals surface area contributed by atoms with E-state index in [0.717, 1.165) is 38.4 Å². The smallest absolute Gasteiger partial charge is 0.362 e. The number of nitrogens with zero attached hydrogens (tertiary/aromatic N) is 3. The van der Waals surface area contributed by atoms with Gasteiger partial charge in [-0.3, -0.25) is 0 Å². The molecule has 1 aromatic heterocycles. The first-order valence-corrected chi connectivity index (χ1v) is 10.3. The molecule has 0 aromatic carbocycles. The highest BCUT2D eigenvalue weighted by atomic mass is 19.4. The van der Waals surface area contributed by atoms with Crippen molar-refractivity contribution in [2.45, 2.75) is 37.7 Å². The molecule has 1 saturated heterocycles. The van der Waals surface area contributed by atoms with Gasteiger partial charge >= 0.3 is 6.18 Å². The zero-order chi connectivity index (χ0) is 22.0. The Morgan fingerprint density at radius 1 is 1.32 bits per heavy atom. The number of hydrogen-bond acceptors (Lipinski definition) is 6. The second kappa shape index (κ2) is 8.77. The van der Waals surface area contributed by atoms with Gasteiger partial charge in [-0.25, -0.2) is 4.99 Å². The highest BCUT2D eigenvalue weighted by molar-refractivity contribution is 6.08. The van der Waals surface area contributed by atoms with E-state index in [-0.39, 0.29) is 12.4 Å². The van der Waals surface area contributed by atoms with Crippen LogP contribution in [0.4, 0.5) is 19.0 Å². The largest absolute Gasteiger partial charge is 0.417 e. The van der Waals surface area contributed by atoms with Crippen molar-refractivity contribution in [1.82, 2.24) is 15.2 Å². The summed E-state index contributed by atoms with van der Waals surface area (Å²) in [5.41, 5.74) is 0.241. The quantitative estimate of drug-likeness (QED) is 0.663. The Bertz CT molecular complexity index is 949. The minimum atomic E-state index is -4.56. The molecular weight excluding hydrogens is 409 g/mol. The van der Waals surface area contributed by atoms with Gasteiger partial charge in [-0.1, -0.05) is 0 Å². The molecule has 166 valence electrons. The molecule has 0 bridgehead atoms. The molecule has 0 spiro atoms. The predicted octanol–water partition coefficient (Wildman–Crippen LogP) is 3.12. The molecule has 1 fully saturated rings. The number of piperidine rings is 1. The van der Waals surface area contributed by atoms with Crippen LogP contribution in [0.15, 0.2) is 40.7 Å². The maximum atomic E-state index is 13.8. The summed E-state index contributed by atoms with van der Waals surface area (Å²) in [6.45, 7) is 2.13. The normalized spacial score (nSPS) is 24.2. The molecule has 0 radical (unpaired) electrons. The van der Waals surface area contributed by atoms with E-state index in [0.29, 0.717) is 22.9 Å². The van der Waals surface area contributed by atoms with Crippen molar-refractivity contribution in [3.8, 4) is 6.07 Å². The third-order valence-corrected chi connectivity index (χ3v) is 5.92. The minimum Gasteiger partial charge on any atom is -0.362 e. The number of dihydropyridines is 1. The van der Waals surface area contributed by atoms with Crippen molar-refractivity contribution >= 4 is 11.7 Å². The number of nitriles is 1. The fourth-order valence-electron chi connectivity index (χ4n) is 4.19. The minimum absolute atomic E-state index is 0.0579. The number of fused-ring (bicyclic) bond motifs is 1. The van der Waals surface area contributed by atoms with E-state index in [1.54, 1.807) is 23.9 Å². The number of halogens is 3. The Labute approximate surface area is 178 Å². The van der Waals surface area contributed by atoms with Crippen molar-refractivity contribution in [3.05, 3.63) is 41.2 Å². The summed E-state index contributed by atoms with van der Waals surface area (Å²) in [6, 6.07) is 3.02. The lowest BCUT2D eigenvalue weighted by atomic mass is 9.95. The van der Waals surface area contributed by atoms with Crippen LogP contribution in [0.1, 0.15) is 30.9 Å². The van der Waals surface area contributed by atoms with Crippen LogP contribution < -0.4 is 16.0 Å². The Morgan fingerprint density at radius 3 is 2.81 bits per heavy atom. The molecule has 10 heteroatoms. The molecule has 0 amide bonds. The van der Waals surface area contributed by atoms with Crippen molar-refractivity contribution in [2.75, 3.05) is 25.0 Å². The van der Waals surface area contributed by atoms with Crippen LogP contribution in [0.3, 0.4) is 0 Å². The summed E-state index contributed by atoms with van der Waals surface area (Å²) in [4.78, 5) is 4.31. The maximum absolute atomic E-state index is 13.8. The summed E-state index contributed by atoms with van der Waals surface area (Å²) < 4.78 is 48.9. The van der Waals surface area contributed by atoms with E-state index in [2.05, 4.69) is 20.9 Å². The summed E-state index contributed by atoms with van der Waals surface area (Å²) in [6.07, 6.45) is 1.33. The van der Waals surface area contributed by atoms with E-state index in [4.69, 9.17) is 4.74 Å². The highest BCUT2D eigenvalue weighted by Gasteiger charge is 2.42. The SMILES string of the molecule is Cn1ccc2c1NC(C#N)=NC2C1=CNC(OCCC2CCNCC2)C(C(F)(F)F)=C1. The third-order valence-electron chi connectivity index (χ3n) is 5.92. The highest BCUT2D eigenvalue weighted by Crippen LogP contribution is 2.40. The number of nitrogens with one attached hydrogen (secondary N) is 3. The van der Waals surface area contributed by atoms with Gasteiger partial charge in [0.25, 0.3) is 0 Å². The number of alkyl halides is 3. The Hall–Kier alpha value is -2.77. The average molecular weight is 434 g/mol. The molecule has 4 heterocycles. The van der Waals surface area contributed by atoms with Crippen molar-refractivity contribution < 1.29 is 17.9 Å². The molecule has 31 heavy (non-hydrogen) atoms.